The molecule has 1 aliphatic carbocycles. The molecule has 0 saturated carbocycles. The van der Waals surface area contributed by atoms with Crippen molar-refractivity contribution >= 4 is 17.2 Å². The number of hydrogen-bond donors (Lipinski definition) is 2. The zero-order valence-electron chi connectivity index (χ0n) is 12.8. The molecule has 0 bridgehead atoms. The number of benzene rings is 1. The summed E-state index contributed by atoms with van der Waals surface area (Å²) >= 11 is 0. The van der Waals surface area contributed by atoms with Crippen LogP contribution in [0.3, 0.4) is 0 Å². The maximum atomic E-state index is 14.2. The molecule has 23 heavy (non-hydrogen) atoms. The summed E-state index contributed by atoms with van der Waals surface area (Å²) in [6.07, 6.45) is 11.2. The first kappa shape index (κ1) is 15.0. The van der Waals surface area contributed by atoms with Gasteiger partial charge in [-0.3, -0.25) is 4.79 Å². The SMILES string of the molecule is C=CC(=O)Nc1ccc(C2=CC(C)=CC3NC=CC3=C2)cc1F.[HH].[HH]. The Balaban J connectivity index is 0.00000156. The van der Waals surface area contributed by atoms with Crippen LogP contribution < -0.4 is 10.6 Å². The number of allylic oxidation sites excluding steroid dienone is 4. The Bertz CT molecular complexity index is 810. The Morgan fingerprint density at radius 1 is 1.43 bits per heavy atom. The lowest BCUT2D eigenvalue weighted by Crippen LogP contribution is -2.17. The number of fused-ring (bicyclic) bond motifs is 1. The molecule has 0 radical (unpaired) electrons. The van der Waals surface area contributed by atoms with Crippen LogP contribution in [0, 0.1) is 5.82 Å². The van der Waals surface area contributed by atoms with Gasteiger partial charge >= 0.3 is 0 Å². The molecule has 1 atom stereocenters. The minimum Gasteiger partial charge on any atom is -0.381 e. The van der Waals surface area contributed by atoms with Crippen molar-refractivity contribution < 1.29 is 12.0 Å². The second kappa shape index (κ2) is 6.08. The largest absolute Gasteiger partial charge is 0.381 e. The number of rotatable bonds is 3. The van der Waals surface area contributed by atoms with Crippen molar-refractivity contribution in [3.05, 3.63) is 83.9 Å². The highest BCUT2D eigenvalue weighted by atomic mass is 19.1. The zero-order chi connectivity index (χ0) is 16.4. The molecule has 0 aromatic heterocycles. The standard InChI is InChI=1S/C19H17FN2O.2H2/c1-3-19(23)22-17-5-4-13(11-16(17)20)15-8-12(2)9-18-14(10-15)6-7-21-18;;/h3-11,18,21H,1H2,2H3,(H,22,23);2*1H. The Hall–Kier alpha value is -2.88. The van der Waals surface area contributed by atoms with Gasteiger partial charge in [-0.1, -0.05) is 30.4 Å². The van der Waals surface area contributed by atoms with Crippen LogP contribution in [0.25, 0.3) is 5.57 Å². The van der Waals surface area contributed by atoms with Gasteiger partial charge < -0.3 is 10.6 Å². The highest BCUT2D eigenvalue weighted by Gasteiger charge is 2.17. The zero-order valence-corrected chi connectivity index (χ0v) is 12.8. The van der Waals surface area contributed by atoms with Gasteiger partial charge in [0.15, 0.2) is 0 Å². The summed E-state index contributed by atoms with van der Waals surface area (Å²) in [6, 6.07) is 4.96. The van der Waals surface area contributed by atoms with E-state index in [2.05, 4.69) is 23.3 Å². The summed E-state index contributed by atoms with van der Waals surface area (Å²) in [4.78, 5) is 11.3. The van der Waals surface area contributed by atoms with Gasteiger partial charge in [-0.15, -0.1) is 0 Å². The molecule has 120 valence electrons. The molecule has 1 unspecified atom stereocenters. The van der Waals surface area contributed by atoms with Crippen molar-refractivity contribution in [3.63, 3.8) is 0 Å². The van der Waals surface area contributed by atoms with E-state index in [-0.39, 0.29) is 14.6 Å². The van der Waals surface area contributed by atoms with E-state index in [1.807, 2.05) is 31.4 Å². The van der Waals surface area contributed by atoms with E-state index >= 15 is 0 Å². The van der Waals surface area contributed by atoms with Crippen LogP contribution in [-0.4, -0.2) is 11.9 Å². The first-order chi connectivity index (χ1) is 11.1. The lowest BCUT2D eigenvalue weighted by atomic mass is 10.0. The summed E-state index contributed by atoms with van der Waals surface area (Å²) in [7, 11) is 0. The summed E-state index contributed by atoms with van der Waals surface area (Å²) in [5.41, 5.74) is 4.09. The van der Waals surface area contributed by atoms with E-state index in [1.54, 1.807) is 12.1 Å². The molecular formula is C19H21FN2O. The second-order valence-corrected chi connectivity index (χ2v) is 5.52. The van der Waals surface area contributed by atoms with Gasteiger partial charge in [0.2, 0.25) is 5.91 Å². The molecule has 1 amide bonds. The molecule has 1 heterocycles. The summed E-state index contributed by atoms with van der Waals surface area (Å²) in [5, 5.41) is 5.71. The fraction of sp³-hybridized carbons (Fsp3) is 0.105. The van der Waals surface area contributed by atoms with Crippen molar-refractivity contribution in [1.82, 2.24) is 5.32 Å². The normalized spacial score (nSPS) is 18.9. The van der Waals surface area contributed by atoms with Gasteiger partial charge in [0.1, 0.15) is 5.82 Å². The van der Waals surface area contributed by atoms with Gasteiger partial charge in [0.25, 0.3) is 0 Å². The molecule has 3 rings (SSSR count). The van der Waals surface area contributed by atoms with Crippen LogP contribution >= 0.6 is 0 Å². The second-order valence-electron chi connectivity index (χ2n) is 5.52. The van der Waals surface area contributed by atoms with E-state index in [4.69, 9.17) is 0 Å². The van der Waals surface area contributed by atoms with Crippen LogP contribution in [0.1, 0.15) is 15.3 Å². The summed E-state index contributed by atoms with van der Waals surface area (Å²) < 4.78 is 14.2. The summed E-state index contributed by atoms with van der Waals surface area (Å²) in [6.45, 7) is 5.38. The lowest BCUT2D eigenvalue weighted by molar-refractivity contribution is -0.111. The third kappa shape index (κ3) is 3.16. The molecular weight excluding hydrogens is 291 g/mol. The lowest BCUT2D eigenvalue weighted by Gasteiger charge is -2.09. The van der Waals surface area contributed by atoms with Gasteiger partial charge in [0.05, 0.1) is 11.7 Å². The number of carbonyl (C=O) groups is 1. The predicted octanol–water partition coefficient (Wildman–Crippen LogP) is 4.20. The predicted molar refractivity (Wildman–Crippen MR) is 95.3 cm³/mol. The van der Waals surface area contributed by atoms with E-state index in [9.17, 15) is 9.18 Å². The van der Waals surface area contributed by atoms with E-state index in [0.29, 0.717) is 0 Å². The molecule has 1 aliphatic heterocycles. The van der Waals surface area contributed by atoms with Crippen LogP contribution in [0.4, 0.5) is 10.1 Å². The Morgan fingerprint density at radius 3 is 3.00 bits per heavy atom. The number of carbonyl (C=O) groups excluding carboxylic acids is 1. The fourth-order valence-electron chi connectivity index (χ4n) is 2.65. The Labute approximate surface area is 137 Å². The third-order valence-electron chi connectivity index (χ3n) is 3.79. The average Bonchev–Trinajstić information content (AvgIpc) is 2.88. The smallest absolute Gasteiger partial charge is 0.247 e. The first-order valence-electron chi connectivity index (χ1n) is 7.34. The van der Waals surface area contributed by atoms with Gasteiger partial charge in [-0.2, -0.15) is 0 Å². The number of nitrogens with one attached hydrogen (secondary N) is 2. The Morgan fingerprint density at radius 2 is 2.26 bits per heavy atom. The molecule has 1 aromatic rings. The van der Waals surface area contributed by atoms with Crippen LogP contribution in [-0.2, 0) is 4.79 Å². The van der Waals surface area contributed by atoms with Crippen molar-refractivity contribution in [2.75, 3.05) is 5.32 Å². The third-order valence-corrected chi connectivity index (χ3v) is 3.79. The molecule has 4 heteroatoms. The van der Waals surface area contributed by atoms with Crippen LogP contribution in [0.2, 0.25) is 0 Å². The molecule has 1 aromatic carbocycles. The van der Waals surface area contributed by atoms with E-state index in [0.717, 1.165) is 28.4 Å². The topological polar surface area (TPSA) is 41.1 Å². The van der Waals surface area contributed by atoms with Crippen LogP contribution in [0.15, 0.2) is 72.5 Å². The monoisotopic (exact) mass is 312 g/mol. The molecule has 0 spiro atoms. The highest BCUT2D eigenvalue weighted by Crippen LogP contribution is 2.29. The molecule has 3 nitrogen and oxygen atoms in total. The molecule has 2 N–H and O–H groups in total. The van der Waals surface area contributed by atoms with Crippen molar-refractivity contribution in [2.45, 2.75) is 13.0 Å². The first-order valence-corrected chi connectivity index (χ1v) is 7.34. The maximum Gasteiger partial charge on any atom is 0.247 e. The van der Waals surface area contributed by atoms with Crippen LogP contribution in [0.5, 0.6) is 0 Å². The summed E-state index contributed by atoms with van der Waals surface area (Å²) in [5.74, 6) is -0.907. The number of halogens is 1. The van der Waals surface area contributed by atoms with E-state index in [1.165, 1.54) is 6.07 Å². The van der Waals surface area contributed by atoms with Gasteiger partial charge in [0, 0.05) is 2.85 Å². The quantitative estimate of drug-likeness (QED) is 0.821. The average molecular weight is 312 g/mol. The van der Waals surface area contributed by atoms with Gasteiger partial charge in [-0.05, 0) is 60.2 Å². The van der Waals surface area contributed by atoms with Crippen molar-refractivity contribution in [2.24, 2.45) is 0 Å². The number of amides is 1. The fourth-order valence-corrected chi connectivity index (χ4v) is 2.65. The highest BCUT2D eigenvalue weighted by molar-refractivity contribution is 5.99. The molecule has 0 saturated heterocycles. The van der Waals surface area contributed by atoms with Gasteiger partial charge in [-0.25, -0.2) is 4.39 Å². The van der Waals surface area contributed by atoms with E-state index < -0.39 is 11.7 Å². The van der Waals surface area contributed by atoms with Crippen molar-refractivity contribution in [3.8, 4) is 0 Å². The molecule has 0 fully saturated rings. The Kier molecular flexibility index (Phi) is 3.98. The maximum absolute atomic E-state index is 14.2. The van der Waals surface area contributed by atoms with Crippen molar-refractivity contribution in [1.29, 1.82) is 0 Å². The number of hydrogen-bond acceptors (Lipinski definition) is 2. The molecule has 2 aliphatic rings. The number of anilines is 1. The minimum atomic E-state index is -0.473. The minimum absolute atomic E-state index is 0.